The molecule has 0 unspecified atom stereocenters. The maximum Gasteiger partial charge on any atom is 0.251 e. The number of rotatable bonds is 3. The summed E-state index contributed by atoms with van der Waals surface area (Å²) in [6.45, 7) is 0.345. The van der Waals surface area contributed by atoms with Crippen LogP contribution in [0.5, 0.6) is 0 Å². The third-order valence-electron chi connectivity index (χ3n) is 2.02. The van der Waals surface area contributed by atoms with Crippen molar-refractivity contribution in [3.05, 3.63) is 53.2 Å². The van der Waals surface area contributed by atoms with Crippen LogP contribution in [-0.2, 0) is 6.54 Å². The Hall–Kier alpha value is -1.81. The van der Waals surface area contributed by atoms with E-state index < -0.39 is 0 Å². The number of amides is 1. The van der Waals surface area contributed by atoms with Gasteiger partial charge in [-0.1, -0.05) is 11.6 Å². The van der Waals surface area contributed by atoms with Crippen LogP contribution in [0, 0.1) is 0 Å². The predicted molar refractivity (Wildman–Crippen MR) is 59.1 cm³/mol. The van der Waals surface area contributed by atoms with Crippen LogP contribution in [-0.4, -0.2) is 10.9 Å². The number of nitrogens with zero attached hydrogens (tertiary/aromatic N) is 1. The Morgan fingerprint density at radius 1 is 1.38 bits per heavy atom. The molecule has 1 amide bonds. The number of benzene rings is 1. The summed E-state index contributed by atoms with van der Waals surface area (Å²) in [7, 11) is 0. The summed E-state index contributed by atoms with van der Waals surface area (Å²) < 4.78 is 4.79. The summed E-state index contributed by atoms with van der Waals surface area (Å²) >= 11 is 5.72. The Bertz CT molecular complexity index is 465. The first-order valence-electron chi connectivity index (χ1n) is 4.66. The SMILES string of the molecule is O=C(NCc1cocn1)c1ccc(Cl)cc1. The van der Waals surface area contributed by atoms with Crippen molar-refractivity contribution in [3.8, 4) is 0 Å². The Morgan fingerprint density at radius 2 is 2.12 bits per heavy atom. The van der Waals surface area contributed by atoms with Crippen LogP contribution >= 0.6 is 11.6 Å². The largest absolute Gasteiger partial charge is 0.451 e. The summed E-state index contributed by atoms with van der Waals surface area (Å²) in [6.07, 6.45) is 2.81. The lowest BCUT2D eigenvalue weighted by Crippen LogP contribution is -2.22. The molecule has 0 aliphatic heterocycles. The predicted octanol–water partition coefficient (Wildman–Crippen LogP) is 2.26. The minimum atomic E-state index is -0.167. The van der Waals surface area contributed by atoms with Crippen molar-refractivity contribution < 1.29 is 9.21 Å². The summed E-state index contributed by atoms with van der Waals surface area (Å²) in [5, 5.41) is 3.32. The van der Waals surface area contributed by atoms with E-state index in [2.05, 4.69) is 10.3 Å². The molecule has 16 heavy (non-hydrogen) atoms. The van der Waals surface area contributed by atoms with E-state index in [4.69, 9.17) is 16.0 Å². The van der Waals surface area contributed by atoms with E-state index in [0.717, 1.165) is 0 Å². The molecule has 0 atom stereocenters. The van der Waals surface area contributed by atoms with Gasteiger partial charge >= 0.3 is 0 Å². The van der Waals surface area contributed by atoms with Crippen LogP contribution in [0.1, 0.15) is 16.1 Å². The Balaban J connectivity index is 1.95. The van der Waals surface area contributed by atoms with E-state index in [1.807, 2.05) is 0 Å². The summed E-state index contributed by atoms with van der Waals surface area (Å²) in [4.78, 5) is 15.5. The molecule has 5 heteroatoms. The average Bonchev–Trinajstić information content (AvgIpc) is 2.80. The maximum atomic E-state index is 11.6. The van der Waals surface area contributed by atoms with Crippen molar-refractivity contribution in [2.75, 3.05) is 0 Å². The average molecular weight is 237 g/mol. The molecule has 2 rings (SSSR count). The number of halogens is 1. The highest BCUT2D eigenvalue weighted by atomic mass is 35.5. The fourth-order valence-corrected chi connectivity index (χ4v) is 1.32. The van der Waals surface area contributed by atoms with Gasteiger partial charge in [0, 0.05) is 10.6 Å². The molecule has 1 N–H and O–H groups in total. The highest BCUT2D eigenvalue weighted by Crippen LogP contribution is 2.09. The highest BCUT2D eigenvalue weighted by molar-refractivity contribution is 6.30. The van der Waals surface area contributed by atoms with Gasteiger partial charge in [-0.15, -0.1) is 0 Å². The van der Waals surface area contributed by atoms with Crippen LogP contribution in [0.2, 0.25) is 5.02 Å². The molecule has 1 aromatic carbocycles. The quantitative estimate of drug-likeness (QED) is 0.889. The van der Waals surface area contributed by atoms with E-state index >= 15 is 0 Å². The number of hydrogen-bond acceptors (Lipinski definition) is 3. The van der Waals surface area contributed by atoms with Crippen molar-refractivity contribution in [3.63, 3.8) is 0 Å². The smallest absolute Gasteiger partial charge is 0.251 e. The van der Waals surface area contributed by atoms with Gasteiger partial charge in [0.15, 0.2) is 6.39 Å². The van der Waals surface area contributed by atoms with Crippen LogP contribution in [0.3, 0.4) is 0 Å². The molecule has 0 aliphatic carbocycles. The zero-order valence-electron chi connectivity index (χ0n) is 8.31. The lowest BCUT2D eigenvalue weighted by atomic mass is 10.2. The molecule has 1 heterocycles. The van der Waals surface area contributed by atoms with Gasteiger partial charge in [-0.25, -0.2) is 4.98 Å². The molecule has 0 aliphatic rings. The van der Waals surface area contributed by atoms with Crippen molar-refractivity contribution in [1.82, 2.24) is 10.3 Å². The first-order chi connectivity index (χ1) is 7.75. The van der Waals surface area contributed by atoms with Crippen LogP contribution < -0.4 is 5.32 Å². The van der Waals surface area contributed by atoms with E-state index in [0.29, 0.717) is 22.8 Å². The van der Waals surface area contributed by atoms with Gasteiger partial charge in [-0.05, 0) is 24.3 Å². The molecular formula is C11H9ClN2O2. The van der Waals surface area contributed by atoms with E-state index in [9.17, 15) is 4.79 Å². The minimum Gasteiger partial charge on any atom is -0.451 e. The topological polar surface area (TPSA) is 55.1 Å². The normalized spacial score (nSPS) is 10.1. The number of oxazole rings is 1. The molecule has 0 saturated heterocycles. The zero-order chi connectivity index (χ0) is 11.4. The van der Waals surface area contributed by atoms with Gasteiger partial charge in [0.2, 0.25) is 0 Å². The second-order valence-corrected chi connectivity index (χ2v) is 3.61. The van der Waals surface area contributed by atoms with Crippen LogP contribution in [0.25, 0.3) is 0 Å². The summed E-state index contributed by atoms with van der Waals surface area (Å²) in [6, 6.07) is 6.68. The van der Waals surface area contributed by atoms with Crippen molar-refractivity contribution in [1.29, 1.82) is 0 Å². The second-order valence-electron chi connectivity index (χ2n) is 3.17. The van der Waals surface area contributed by atoms with Gasteiger partial charge in [0.1, 0.15) is 6.26 Å². The number of hydrogen-bond donors (Lipinski definition) is 1. The molecule has 2 aromatic rings. The third-order valence-corrected chi connectivity index (χ3v) is 2.27. The molecule has 0 spiro atoms. The number of carbonyl (C=O) groups excluding carboxylic acids is 1. The van der Waals surface area contributed by atoms with E-state index in [-0.39, 0.29) is 5.91 Å². The van der Waals surface area contributed by atoms with Crippen LogP contribution in [0.15, 0.2) is 41.3 Å². The molecule has 0 fully saturated rings. The molecular weight excluding hydrogens is 228 g/mol. The van der Waals surface area contributed by atoms with Crippen molar-refractivity contribution in [2.45, 2.75) is 6.54 Å². The molecule has 0 bridgehead atoms. The number of nitrogens with one attached hydrogen (secondary N) is 1. The molecule has 82 valence electrons. The number of carbonyl (C=O) groups is 1. The molecule has 0 radical (unpaired) electrons. The monoisotopic (exact) mass is 236 g/mol. The molecule has 0 saturated carbocycles. The fraction of sp³-hybridized carbons (Fsp3) is 0.0909. The molecule has 4 nitrogen and oxygen atoms in total. The first kappa shape index (κ1) is 10.7. The Kier molecular flexibility index (Phi) is 3.22. The summed E-state index contributed by atoms with van der Waals surface area (Å²) in [5.41, 5.74) is 1.25. The zero-order valence-corrected chi connectivity index (χ0v) is 9.07. The third kappa shape index (κ3) is 2.61. The van der Waals surface area contributed by atoms with Gasteiger partial charge in [0.25, 0.3) is 5.91 Å². The van der Waals surface area contributed by atoms with Gasteiger partial charge in [0.05, 0.1) is 12.2 Å². The maximum absolute atomic E-state index is 11.6. The fourth-order valence-electron chi connectivity index (χ4n) is 1.20. The minimum absolute atomic E-state index is 0.167. The van der Waals surface area contributed by atoms with E-state index in [1.54, 1.807) is 24.3 Å². The molecule has 1 aromatic heterocycles. The van der Waals surface area contributed by atoms with Crippen molar-refractivity contribution >= 4 is 17.5 Å². The van der Waals surface area contributed by atoms with Gasteiger partial charge in [-0.2, -0.15) is 0 Å². The van der Waals surface area contributed by atoms with Gasteiger partial charge in [-0.3, -0.25) is 4.79 Å². The standard InChI is InChI=1S/C11H9ClN2O2/c12-9-3-1-8(2-4-9)11(15)13-5-10-6-16-7-14-10/h1-4,6-7H,5H2,(H,13,15). The van der Waals surface area contributed by atoms with Crippen molar-refractivity contribution in [2.24, 2.45) is 0 Å². The first-order valence-corrected chi connectivity index (χ1v) is 5.04. The highest BCUT2D eigenvalue weighted by Gasteiger charge is 2.05. The lowest BCUT2D eigenvalue weighted by molar-refractivity contribution is 0.0950. The van der Waals surface area contributed by atoms with Crippen LogP contribution in [0.4, 0.5) is 0 Å². The lowest BCUT2D eigenvalue weighted by Gasteiger charge is -2.02. The second kappa shape index (κ2) is 4.81. The Labute approximate surface area is 97.2 Å². The summed E-state index contributed by atoms with van der Waals surface area (Å²) in [5.74, 6) is -0.167. The Morgan fingerprint density at radius 3 is 2.75 bits per heavy atom. The number of aromatic nitrogens is 1. The van der Waals surface area contributed by atoms with Gasteiger partial charge < -0.3 is 9.73 Å². The van der Waals surface area contributed by atoms with E-state index in [1.165, 1.54) is 12.7 Å².